The van der Waals surface area contributed by atoms with E-state index in [2.05, 4.69) is 25.9 Å². The van der Waals surface area contributed by atoms with Crippen LogP contribution in [0.2, 0.25) is 0 Å². The topological polar surface area (TPSA) is 151 Å². The first-order valence-electron chi connectivity index (χ1n) is 11.6. The molecule has 0 aliphatic carbocycles. The highest BCUT2D eigenvalue weighted by Crippen LogP contribution is 2.28. The number of fused-ring (bicyclic) bond motifs is 1. The Morgan fingerprint density at radius 2 is 1.81 bits per heavy atom. The molecule has 0 atom stereocenters. The number of hydrogen-bond acceptors (Lipinski definition) is 7. The zero-order valence-corrected chi connectivity index (χ0v) is 20.6. The standard InChI is InChI=1S/C24H29N7O5/c1-14-11-16(5-8-25-14)21(33)28-29-22(34)17-13-26-31-18(12-19(32)27-20(17)31)15-6-9-30(10-7-15)23(35)36-24(2,3)4/h5,8,11-13,15H,6-7,9-10H2,1-4H3,(H,27,32)(H,28,33)(H,29,34). The molecule has 1 aliphatic rings. The molecule has 3 N–H and O–H groups in total. The van der Waals surface area contributed by atoms with E-state index in [0.717, 1.165) is 0 Å². The summed E-state index contributed by atoms with van der Waals surface area (Å²) < 4.78 is 6.97. The van der Waals surface area contributed by atoms with Crippen molar-refractivity contribution in [1.29, 1.82) is 0 Å². The molecule has 3 aromatic rings. The number of carbonyl (C=O) groups excluding carboxylic acids is 3. The second-order valence-electron chi connectivity index (χ2n) is 9.71. The molecule has 4 rings (SSSR count). The molecule has 36 heavy (non-hydrogen) atoms. The van der Waals surface area contributed by atoms with Gasteiger partial charge in [0.05, 0.1) is 11.9 Å². The third-order valence-electron chi connectivity index (χ3n) is 5.79. The summed E-state index contributed by atoms with van der Waals surface area (Å²) in [5, 5.41) is 4.31. The lowest BCUT2D eigenvalue weighted by molar-refractivity contribution is 0.0203. The number of H-pyrrole nitrogens is 1. The number of likely N-dealkylation sites (tertiary alicyclic amines) is 1. The van der Waals surface area contributed by atoms with E-state index >= 15 is 0 Å². The first-order chi connectivity index (χ1) is 17.0. The van der Waals surface area contributed by atoms with Crippen molar-refractivity contribution in [2.45, 2.75) is 52.1 Å². The number of carbonyl (C=O) groups is 3. The minimum atomic E-state index is -0.628. The first-order valence-corrected chi connectivity index (χ1v) is 11.6. The van der Waals surface area contributed by atoms with Crippen molar-refractivity contribution < 1.29 is 19.1 Å². The fourth-order valence-corrected chi connectivity index (χ4v) is 4.09. The monoisotopic (exact) mass is 495 g/mol. The Morgan fingerprint density at radius 1 is 1.11 bits per heavy atom. The fourth-order valence-electron chi connectivity index (χ4n) is 4.09. The SMILES string of the molecule is Cc1cc(C(=O)NNC(=O)c2cnn3c(C4CCN(C(=O)OC(C)(C)C)CC4)cc(=O)[nH]c23)ccn1. The molecule has 0 radical (unpaired) electrons. The van der Waals surface area contributed by atoms with Crippen LogP contribution in [-0.2, 0) is 4.74 Å². The molecule has 12 nitrogen and oxygen atoms in total. The smallest absolute Gasteiger partial charge is 0.410 e. The van der Waals surface area contributed by atoms with Gasteiger partial charge < -0.3 is 14.6 Å². The summed E-state index contributed by atoms with van der Waals surface area (Å²) in [5.41, 5.74) is 5.74. The van der Waals surface area contributed by atoms with Crippen molar-refractivity contribution >= 4 is 23.6 Å². The predicted octanol–water partition coefficient (Wildman–Crippen LogP) is 1.92. The number of aromatic nitrogens is 4. The molecule has 0 spiro atoms. The van der Waals surface area contributed by atoms with E-state index in [1.807, 2.05) is 20.8 Å². The van der Waals surface area contributed by atoms with Crippen LogP contribution in [0.5, 0.6) is 0 Å². The van der Waals surface area contributed by atoms with Crippen molar-refractivity contribution in [2.75, 3.05) is 13.1 Å². The molecule has 3 aromatic heterocycles. The van der Waals surface area contributed by atoms with E-state index in [-0.39, 0.29) is 28.8 Å². The first kappa shape index (κ1) is 24.9. The molecule has 0 bridgehead atoms. The molecule has 3 amide bonds. The third-order valence-corrected chi connectivity index (χ3v) is 5.79. The van der Waals surface area contributed by atoms with Crippen LogP contribution in [0.25, 0.3) is 5.65 Å². The van der Waals surface area contributed by atoms with Gasteiger partial charge in [0, 0.05) is 42.5 Å². The molecule has 1 fully saturated rings. The quantitative estimate of drug-likeness (QED) is 0.470. The Hall–Kier alpha value is -4.22. The maximum atomic E-state index is 12.8. The maximum Gasteiger partial charge on any atom is 0.410 e. The lowest BCUT2D eigenvalue weighted by Crippen LogP contribution is -2.42. The Labute approximate surface area is 207 Å². The predicted molar refractivity (Wildman–Crippen MR) is 130 cm³/mol. The van der Waals surface area contributed by atoms with Gasteiger partial charge in [0.2, 0.25) is 0 Å². The Morgan fingerprint density at radius 3 is 2.47 bits per heavy atom. The van der Waals surface area contributed by atoms with E-state index in [0.29, 0.717) is 42.9 Å². The number of pyridine rings is 1. The number of aromatic amines is 1. The summed E-state index contributed by atoms with van der Waals surface area (Å²) in [6.45, 7) is 8.17. The van der Waals surface area contributed by atoms with Crippen molar-refractivity contribution in [1.82, 2.24) is 35.3 Å². The Bertz CT molecular complexity index is 1360. The van der Waals surface area contributed by atoms with Gasteiger partial charge in [0.1, 0.15) is 16.8 Å². The van der Waals surface area contributed by atoms with Crippen LogP contribution in [-0.4, -0.2) is 61.1 Å². The molecule has 0 aromatic carbocycles. The largest absolute Gasteiger partial charge is 0.444 e. The molecular weight excluding hydrogens is 466 g/mol. The number of ether oxygens (including phenoxy) is 1. The molecule has 1 saturated heterocycles. The number of hydrogen-bond donors (Lipinski definition) is 3. The van der Waals surface area contributed by atoms with E-state index in [1.54, 1.807) is 17.9 Å². The summed E-state index contributed by atoms with van der Waals surface area (Å²) in [5.74, 6) is -1.17. The highest BCUT2D eigenvalue weighted by atomic mass is 16.6. The Kier molecular flexibility index (Phi) is 6.77. The summed E-state index contributed by atoms with van der Waals surface area (Å²) in [7, 11) is 0. The maximum absolute atomic E-state index is 12.8. The van der Waals surface area contributed by atoms with Gasteiger partial charge in [0.25, 0.3) is 17.4 Å². The number of hydrazine groups is 1. The fraction of sp³-hybridized carbons (Fsp3) is 0.417. The van der Waals surface area contributed by atoms with Crippen LogP contribution in [0.15, 0.2) is 35.4 Å². The number of nitrogens with zero attached hydrogens (tertiary/aromatic N) is 4. The minimum Gasteiger partial charge on any atom is -0.444 e. The van der Waals surface area contributed by atoms with Crippen LogP contribution in [0.1, 0.15) is 71.6 Å². The zero-order chi connectivity index (χ0) is 26.0. The summed E-state index contributed by atoms with van der Waals surface area (Å²) >= 11 is 0. The second-order valence-corrected chi connectivity index (χ2v) is 9.71. The van der Waals surface area contributed by atoms with Crippen LogP contribution in [0, 0.1) is 6.92 Å². The molecular formula is C24H29N7O5. The highest BCUT2D eigenvalue weighted by Gasteiger charge is 2.29. The lowest BCUT2D eigenvalue weighted by Gasteiger charge is -2.33. The summed E-state index contributed by atoms with van der Waals surface area (Å²) in [6.07, 6.45) is 3.70. The molecule has 1 aliphatic heterocycles. The van der Waals surface area contributed by atoms with Crippen LogP contribution in [0.4, 0.5) is 4.79 Å². The van der Waals surface area contributed by atoms with Gasteiger partial charge in [-0.3, -0.25) is 30.2 Å². The van der Waals surface area contributed by atoms with Gasteiger partial charge in [-0.15, -0.1) is 0 Å². The summed E-state index contributed by atoms with van der Waals surface area (Å²) in [4.78, 5) is 58.3. The number of rotatable bonds is 3. The zero-order valence-electron chi connectivity index (χ0n) is 20.6. The average molecular weight is 496 g/mol. The number of nitrogens with one attached hydrogen (secondary N) is 3. The van der Waals surface area contributed by atoms with Crippen molar-refractivity contribution in [3.63, 3.8) is 0 Å². The third kappa shape index (κ3) is 5.53. The van der Waals surface area contributed by atoms with Gasteiger partial charge in [-0.1, -0.05) is 0 Å². The van der Waals surface area contributed by atoms with Crippen LogP contribution < -0.4 is 16.4 Å². The molecule has 4 heterocycles. The van der Waals surface area contributed by atoms with Gasteiger partial charge in [-0.25, -0.2) is 9.31 Å². The van der Waals surface area contributed by atoms with Crippen LogP contribution >= 0.6 is 0 Å². The molecule has 190 valence electrons. The van der Waals surface area contributed by atoms with Gasteiger partial charge >= 0.3 is 6.09 Å². The minimum absolute atomic E-state index is 0.0427. The van der Waals surface area contributed by atoms with Gasteiger partial charge in [-0.2, -0.15) is 5.10 Å². The number of piperidine rings is 1. The Balaban J connectivity index is 1.47. The van der Waals surface area contributed by atoms with E-state index in [4.69, 9.17) is 4.74 Å². The van der Waals surface area contributed by atoms with Crippen LogP contribution in [0.3, 0.4) is 0 Å². The number of aryl methyl sites for hydroxylation is 1. The van der Waals surface area contributed by atoms with E-state index < -0.39 is 17.4 Å². The van der Waals surface area contributed by atoms with Crippen molar-refractivity contribution in [2.24, 2.45) is 0 Å². The van der Waals surface area contributed by atoms with Gasteiger partial charge in [0.15, 0.2) is 0 Å². The van der Waals surface area contributed by atoms with Crippen molar-refractivity contribution in [3.05, 3.63) is 63.5 Å². The highest BCUT2D eigenvalue weighted by molar-refractivity contribution is 6.02. The van der Waals surface area contributed by atoms with Gasteiger partial charge in [-0.05, 0) is 52.7 Å². The molecule has 0 saturated carbocycles. The number of amides is 3. The van der Waals surface area contributed by atoms with Crippen molar-refractivity contribution in [3.8, 4) is 0 Å². The average Bonchev–Trinajstić information content (AvgIpc) is 3.24. The van der Waals surface area contributed by atoms with E-state index in [1.165, 1.54) is 29.0 Å². The lowest BCUT2D eigenvalue weighted by atomic mass is 9.93. The molecule has 0 unspecified atom stereocenters. The molecule has 12 heteroatoms. The summed E-state index contributed by atoms with van der Waals surface area (Å²) in [6, 6.07) is 4.58. The normalized spacial score (nSPS) is 14.5. The second kappa shape index (κ2) is 9.80. The van der Waals surface area contributed by atoms with E-state index in [9.17, 15) is 19.2 Å².